The molecular formula is C31H27Cl2N3O3S. The van der Waals surface area contributed by atoms with Gasteiger partial charge in [0.1, 0.15) is 12.1 Å². The number of nitrogens with one attached hydrogen (secondary N) is 1. The molecule has 0 bridgehead atoms. The molecule has 0 aliphatic heterocycles. The third-order valence-corrected chi connectivity index (χ3v) is 7.12. The van der Waals surface area contributed by atoms with Crippen LogP contribution in [0.5, 0.6) is 0 Å². The maximum absolute atomic E-state index is 13.3. The van der Waals surface area contributed by atoms with Crippen LogP contribution in [0, 0.1) is 11.3 Å². The average molecular weight is 593 g/mol. The monoisotopic (exact) mass is 591 g/mol. The lowest BCUT2D eigenvalue weighted by Crippen LogP contribution is -2.31. The van der Waals surface area contributed by atoms with E-state index < -0.39 is 11.6 Å². The molecule has 0 unspecified atom stereocenters. The molecule has 0 saturated heterocycles. The molecule has 0 spiro atoms. The summed E-state index contributed by atoms with van der Waals surface area (Å²) in [7, 11) is 0. The van der Waals surface area contributed by atoms with Crippen molar-refractivity contribution in [2.75, 3.05) is 10.8 Å². The molecule has 0 saturated carbocycles. The van der Waals surface area contributed by atoms with Crippen molar-refractivity contribution in [3.8, 4) is 6.07 Å². The lowest BCUT2D eigenvalue weighted by molar-refractivity contribution is -0.152. The predicted octanol–water partition coefficient (Wildman–Crippen LogP) is 7.80. The lowest BCUT2D eigenvalue weighted by atomic mass is 10.0. The second-order valence-corrected chi connectivity index (χ2v) is 12.0. The Balaban J connectivity index is 1.67. The van der Waals surface area contributed by atoms with Crippen molar-refractivity contribution >= 4 is 63.5 Å². The van der Waals surface area contributed by atoms with Gasteiger partial charge in [0.15, 0.2) is 0 Å². The van der Waals surface area contributed by atoms with Crippen molar-refractivity contribution in [1.82, 2.24) is 5.32 Å². The highest BCUT2D eigenvalue weighted by molar-refractivity contribution is 8.00. The highest BCUT2D eigenvalue weighted by Gasteiger charge is 2.23. The van der Waals surface area contributed by atoms with E-state index >= 15 is 0 Å². The Bertz CT molecular complexity index is 1570. The van der Waals surface area contributed by atoms with Crippen molar-refractivity contribution in [3.05, 3.63) is 106 Å². The number of halogens is 2. The van der Waals surface area contributed by atoms with Crippen LogP contribution in [0.1, 0.15) is 42.3 Å². The molecule has 0 aliphatic rings. The molecule has 0 aliphatic carbocycles. The minimum absolute atomic E-state index is 0.0553. The number of hydrogen-bond acceptors (Lipinski definition) is 6. The van der Waals surface area contributed by atoms with E-state index in [9.17, 15) is 9.59 Å². The number of hydrogen-bond donors (Lipinski definition) is 1. The Morgan fingerprint density at radius 3 is 2.25 bits per heavy atom. The summed E-state index contributed by atoms with van der Waals surface area (Å²) in [5.41, 5.74) is 2.03. The highest BCUT2D eigenvalue weighted by atomic mass is 35.5. The molecule has 0 fully saturated rings. The van der Waals surface area contributed by atoms with Gasteiger partial charge in [-0.2, -0.15) is 5.26 Å². The molecule has 0 aromatic heterocycles. The van der Waals surface area contributed by atoms with Crippen molar-refractivity contribution < 1.29 is 14.3 Å². The molecule has 1 amide bonds. The molecule has 4 aromatic carbocycles. The smallest absolute Gasteiger partial charge is 0.327 e. The summed E-state index contributed by atoms with van der Waals surface area (Å²) >= 11 is 13.8. The summed E-state index contributed by atoms with van der Waals surface area (Å²) in [5, 5.41) is 14.4. The Labute approximate surface area is 248 Å². The van der Waals surface area contributed by atoms with Gasteiger partial charge in [0.25, 0.3) is 5.91 Å². The third kappa shape index (κ3) is 7.70. The summed E-state index contributed by atoms with van der Waals surface area (Å²) in [4.78, 5) is 26.9. The number of carbonyl (C=O) groups is 2. The number of anilines is 1. The van der Waals surface area contributed by atoms with E-state index in [2.05, 4.69) is 11.4 Å². The van der Waals surface area contributed by atoms with E-state index in [1.54, 1.807) is 36.4 Å². The molecule has 0 radical (unpaired) electrons. The number of nitrogens with zero attached hydrogens (tertiary/aromatic N) is 2. The van der Waals surface area contributed by atoms with Gasteiger partial charge in [-0.3, -0.25) is 9.59 Å². The van der Waals surface area contributed by atoms with Gasteiger partial charge < -0.3 is 14.4 Å². The first-order valence-electron chi connectivity index (χ1n) is 12.4. The normalized spacial score (nSPS) is 11.1. The van der Waals surface area contributed by atoms with Crippen LogP contribution in [0.3, 0.4) is 0 Å². The molecule has 0 atom stereocenters. The van der Waals surface area contributed by atoms with Gasteiger partial charge in [-0.05, 0) is 86.1 Å². The molecule has 6 nitrogen and oxygen atoms in total. The van der Waals surface area contributed by atoms with Crippen LogP contribution < -0.4 is 9.62 Å². The van der Waals surface area contributed by atoms with E-state index in [4.69, 9.17) is 33.2 Å². The number of esters is 1. The van der Waals surface area contributed by atoms with E-state index in [0.29, 0.717) is 27.7 Å². The quantitative estimate of drug-likeness (QED) is 0.166. The Morgan fingerprint density at radius 2 is 1.60 bits per heavy atom. The van der Waals surface area contributed by atoms with E-state index in [0.717, 1.165) is 26.9 Å². The Kier molecular flexibility index (Phi) is 9.26. The van der Waals surface area contributed by atoms with Crippen molar-refractivity contribution in [2.24, 2.45) is 0 Å². The SMILES string of the molecule is CC(C)(C)OC(=O)CN(Sc1cc(Cl)cc(Cl)c1)c1cccc2c(C(=O)NCc3ccc(C#N)cc3)cccc12. The molecule has 4 rings (SSSR count). The van der Waals surface area contributed by atoms with Crippen LogP contribution in [0.25, 0.3) is 10.8 Å². The molecule has 1 N–H and O–H groups in total. The first-order chi connectivity index (χ1) is 19.0. The van der Waals surface area contributed by atoms with Gasteiger partial charge in [0.05, 0.1) is 17.3 Å². The summed E-state index contributed by atoms with van der Waals surface area (Å²) in [6.45, 7) is 5.72. The van der Waals surface area contributed by atoms with Gasteiger partial charge >= 0.3 is 5.97 Å². The Hall–Kier alpha value is -3.70. The first-order valence-corrected chi connectivity index (χ1v) is 14.0. The molecular weight excluding hydrogens is 565 g/mol. The summed E-state index contributed by atoms with van der Waals surface area (Å²) in [6, 6.07) is 25.5. The molecule has 9 heteroatoms. The average Bonchev–Trinajstić information content (AvgIpc) is 2.89. The maximum Gasteiger partial charge on any atom is 0.327 e. The highest BCUT2D eigenvalue weighted by Crippen LogP contribution is 2.37. The zero-order valence-corrected chi connectivity index (χ0v) is 24.5. The topological polar surface area (TPSA) is 82.4 Å². The number of ether oxygens (including phenoxy) is 1. The fraction of sp³-hybridized carbons (Fsp3) is 0.194. The predicted molar refractivity (Wildman–Crippen MR) is 162 cm³/mol. The van der Waals surface area contributed by atoms with Crippen molar-refractivity contribution in [3.63, 3.8) is 0 Å². The van der Waals surface area contributed by atoms with E-state index in [1.165, 1.54) is 11.9 Å². The number of rotatable bonds is 8. The molecule has 40 heavy (non-hydrogen) atoms. The van der Waals surface area contributed by atoms with E-state index in [-0.39, 0.29) is 12.5 Å². The fourth-order valence-corrected chi connectivity index (χ4v) is 5.75. The van der Waals surface area contributed by atoms with Gasteiger partial charge in [0, 0.05) is 32.4 Å². The van der Waals surface area contributed by atoms with Crippen LogP contribution >= 0.6 is 35.1 Å². The second kappa shape index (κ2) is 12.6. The summed E-state index contributed by atoms with van der Waals surface area (Å²) in [5.74, 6) is -0.637. The van der Waals surface area contributed by atoms with Crippen molar-refractivity contribution in [2.45, 2.75) is 37.8 Å². The van der Waals surface area contributed by atoms with E-state index in [1.807, 2.05) is 67.5 Å². The fourth-order valence-electron chi connectivity index (χ4n) is 4.05. The minimum Gasteiger partial charge on any atom is -0.459 e. The molecule has 204 valence electrons. The first kappa shape index (κ1) is 29.3. The summed E-state index contributed by atoms with van der Waals surface area (Å²) < 4.78 is 7.43. The summed E-state index contributed by atoms with van der Waals surface area (Å²) in [6.07, 6.45) is 0. The van der Waals surface area contributed by atoms with Gasteiger partial charge in [0.2, 0.25) is 0 Å². The molecule has 0 heterocycles. The second-order valence-electron chi connectivity index (χ2n) is 9.99. The number of amides is 1. The Morgan fingerprint density at radius 1 is 0.950 bits per heavy atom. The van der Waals surface area contributed by atoms with Gasteiger partial charge in [-0.1, -0.05) is 59.6 Å². The number of carbonyl (C=O) groups excluding carboxylic acids is 2. The number of fused-ring (bicyclic) bond motifs is 1. The van der Waals surface area contributed by atoms with Crippen LogP contribution in [0.2, 0.25) is 10.0 Å². The molecule has 4 aromatic rings. The zero-order valence-electron chi connectivity index (χ0n) is 22.2. The lowest BCUT2D eigenvalue weighted by Gasteiger charge is -2.27. The van der Waals surface area contributed by atoms with Crippen LogP contribution in [0.4, 0.5) is 5.69 Å². The maximum atomic E-state index is 13.3. The number of benzene rings is 4. The van der Waals surface area contributed by atoms with Crippen LogP contribution in [-0.4, -0.2) is 24.0 Å². The van der Waals surface area contributed by atoms with Crippen molar-refractivity contribution in [1.29, 1.82) is 5.26 Å². The van der Waals surface area contributed by atoms with Crippen LogP contribution in [-0.2, 0) is 16.1 Å². The third-order valence-electron chi connectivity index (χ3n) is 5.69. The minimum atomic E-state index is -0.647. The number of nitriles is 1. The zero-order chi connectivity index (χ0) is 28.9. The van der Waals surface area contributed by atoms with Gasteiger partial charge in [-0.25, -0.2) is 0 Å². The van der Waals surface area contributed by atoms with Crippen LogP contribution in [0.15, 0.2) is 83.8 Å². The van der Waals surface area contributed by atoms with Gasteiger partial charge in [-0.15, -0.1) is 0 Å². The largest absolute Gasteiger partial charge is 0.459 e. The standard InChI is InChI=1S/C31H27Cl2N3O3S/c1-31(2,3)39-29(37)19-36(40-24-15-22(32)14-23(33)16-24)28-9-5-6-25-26(28)7-4-8-27(25)30(38)35-18-21-12-10-20(17-34)11-13-21/h4-16H,18-19H2,1-3H3,(H,35,38).